The minimum absolute atomic E-state index is 0.0396. The molecule has 2 heterocycles. The number of para-hydroxylation sites is 1. The lowest BCUT2D eigenvalue weighted by Crippen LogP contribution is -2.31. The van der Waals surface area contributed by atoms with Crippen LogP contribution < -0.4 is 10.5 Å². The highest BCUT2D eigenvalue weighted by Crippen LogP contribution is 2.29. The average molecular weight is 444 g/mol. The van der Waals surface area contributed by atoms with Crippen LogP contribution in [0.3, 0.4) is 0 Å². The molecule has 0 radical (unpaired) electrons. The highest BCUT2D eigenvalue weighted by atomic mass is 79.9. The molecule has 0 bridgehead atoms. The zero-order chi connectivity index (χ0) is 19.0. The first-order valence-corrected chi connectivity index (χ1v) is 10.6. The fourth-order valence-corrected chi connectivity index (χ4v) is 4.66. The highest BCUT2D eigenvalue weighted by Gasteiger charge is 2.24. The summed E-state index contributed by atoms with van der Waals surface area (Å²) < 4.78 is 2.48. The Morgan fingerprint density at radius 3 is 2.89 bits per heavy atom. The first-order chi connectivity index (χ1) is 13.1. The van der Waals surface area contributed by atoms with Gasteiger partial charge in [-0.15, -0.1) is 0 Å². The number of benzene rings is 2. The van der Waals surface area contributed by atoms with E-state index in [1.807, 2.05) is 42.2 Å². The molecule has 1 aliphatic heterocycles. The van der Waals surface area contributed by atoms with Crippen LogP contribution in [0.1, 0.15) is 12.5 Å². The molecule has 7 heteroatoms. The summed E-state index contributed by atoms with van der Waals surface area (Å²) in [4.78, 5) is 32.0. The Labute approximate surface area is 169 Å². The summed E-state index contributed by atoms with van der Waals surface area (Å²) in [5.74, 6) is 0.292. The van der Waals surface area contributed by atoms with Crippen molar-refractivity contribution < 1.29 is 4.79 Å². The van der Waals surface area contributed by atoms with Gasteiger partial charge < -0.3 is 4.90 Å². The molecule has 4 rings (SSSR count). The lowest BCUT2D eigenvalue weighted by molar-refractivity contribution is -0.116. The molecule has 0 fully saturated rings. The number of hydrogen-bond acceptors (Lipinski definition) is 4. The number of rotatable bonds is 4. The first kappa shape index (κ1) is 18.3. The average Bonchev–Trinajstić information content (AvgIpc) is 3.11. The topological polar surface area (TPSA) is 55.2 Å². The molecular formula is C20H18BrN3O2S. The second kappa shape index (κ2) is 7.48. The molecule has 0 N–H and O–H groups in total. The van der Waals surface area contributed by atoms with Gasteiger partial charge in [0.15, 0.2) is 5.16 Å². The minimum Gasteiger partial charge on any atom is -0.311 e. The van der Waals surface area contributed by atoms with E-state index in [2.05, 4.69) is 27.0 Å². The predicted molar refractivity (Wildman–Crippen MR) is 113 cm³/mol. The van der Waals surface area contributed by atoms with Crippen molar-refractivity contribution in [3.63, 3.8) is 0 Å². The van der Waals surface area contributed by atoms with Crippen LogP contribution in [0.2, 0.25) is 0 Å². The molecular weight excluding hydrogens is 426 g/mol. The summed E-state index contributed by atoms with van der Waals surface area (Å²) in [6.45, 7) is 3.13. The maximum Gasteiger partial charge on any atom is 0.262 e. The summed E-state index contributed by atoms with van der Waals surface area (Å²) >= 11 is 4.72. The number of aromatic nitrogens is 2. The smallest absolute Gasteiger partial charge is 0.262 e. The molecule has 1 amide bonds. The zero-order valence-corrected chi connectivity index (χ0v) is 17.2. The Balaban J connectivity index is 1.60. The number of fused-ring (bicyclic) bond motifs is 2. The summed E-state index contributed by atoms with van der Waals surface area (Å²) in [5.41, 5.74) is 2.77. The van der Waals surface area contributed by atoms with E-state index in [1.165, 1.54) is 17.3 Å². The van der Waals surface area contributed by atoms with E-state index in [4.69, 9.17) is 0 Å². The second-order valence-corrected chi connectivity index (χ2v) is 8.18. The van der Waals surface area contributed by atoms with E-state index in [9.17, 15) is 9.59 Å². The molecule has 0 unspecified atom stereocenters. The van der Waals surface area contributed by atoms with Gasteiger partial charge in [-0.2, -0.15) is 0 Å². The van der Waals surface area contributed by atoms with E-state index >= 15 is 0 Å². The van der Waals surface area contributed by atoms with Gasteiger partial charge >= 0.3 is 0 Å². The summed E-state index contributed by atoms with van der Waals surface area (Å²) in [5, 5.41) is 1.16. The van der Waals surface area contributed by atoms with Crippen molar-refractivity contribution in [2.75, 3.05) is 17.2 Å². The summed E-state index contributed by atoms with van der Waals surface area (Å²) in [6.07, 6.45) is 0.884. The number of amides is 1. The lowest BCUT2D eigenvalue weighted by atomic mass is 10.2. The highest BCUT2D eigenvalue weighted by molar-refractivity contribution is 9.10. The third kappa shape index (κ3) is 3.41. The maximum absolute atomic E-state index is 12.8. The van der Waals surface area contributed by atoms with E-state index in [1.54, 1.807) is 10.6 Å². The quantitative estimate of drug-likeness (QED) is 0.453. The van der Waals surface area contributed by atoms with Crippen molar-refractivity contribution >= 4 is 50.2 Å². The molecule has 0 aliphatic carbocycles. The molecule has 1 aromatic heterocycles. The van der Waals surface area contributed by atoms with Crippen molar-refractivity contribution in [1.82, 2.24) is 9.55 Å². The number of nitrogens with zero attached hydrogens (tertiary/aromatic N) is 3. The number of carbonyl (C=O) groups excluding carboxylic acids is 1. The number of hydrogen-bond donors (Lipinski definition) is 0. The van der Waals surface area contributed by atoms with Crippen LogP contribution in [0.5, 0.6) is 0 Å². The Morgan fingerprint density at radius 1 is 1.26 bits per heavy atom. The zero-order valence-electron chi connectivity index (χ0n) is 14.8. The van der Waals surface area contributed by atoms with E-state index < -0.39 is 0 Å². The SMILES string of the molecule is CCn1c(SCC(=O)N2CCc3ccccc32)nc2ccc(Br)cc2c1=O. The van der Waals surface area contributed by atoms with Crippen LogP contribution in [0.15, 0.2) is 56.9 Å². The molecule has 27 heavy (non-hydrogen) atoms. The number of anilines is 1. The van der Waals surface area contributed by atoms with Gasteiger partial charge in [0, 0.05) is 23.2 Å². The summed E-state index contributed by atoms with van der Waals surface area (Å²) in [6, 6.07) is 13.5. The molecule has 0 saturated carbocycles. The number of thioether (sulfide) groups is 1. The van der Waals surface area contributed by atoms with Gasteiger partial charge in [0.25, 0.3) is 5.56 Å². The van der Waals surface area contributed by atoms with Crippen LogP contribution in [0, 0.1) is 0 Å². The van der Waals surface area contributed by atoms with Crippen LogP contribution in [0.4, 0.5) is 5.69 Å². The second-order valence-electron chi connectivity index (χ2n) is 6.32. The summed E-state index contributed by atoms with van der Waals surface area (Å²) in [7, 11) is 0. The molecule has 138 valence electrons. The van der Waals surface area contributed by atoms with Crippen LogP contribution in [-0.4, -0.2) is 27.8 Å². The van der Waals surface area contributed by atoms with Crippen LogP contribution in [0.25, 0.3) is 10.9 Å². The van der Waals surface area contributed by atoms with Gasteiger partial charge in [0.1, 0.15) is 0 Å². The fourth-order valence-electron chi connectivity index (χ4n) is 3.36. The molecule has 3 aromatic rings. The standard InChI is InChI=1S/C20H18BrN3O2S/c1-2-23-19(26)15-11-14(21)7-8-16(15)22-20(23)27-12-18(25)24-10-9-13-5-3-4-6-17(13)24/h3-8,11H,2,9-10,12H2,1H3. The normalized spacial score (nSPS) is 13.2. The Kier molecular flexibility index (Phi) is 5.06. The fraction of sp³-hybridized carbons (Fsp3) is 0.250. The monoisotopic (exact) mass is 443 g/mol. The van der Waals surface area contributed by atoms with Gasteiger partial charge in [-0.25, -0.2) is 4.98 Å². The van der Waals surface area contributed by atoms with Gasteiger partial charge in [0.05, 0.1) is 16.7 Å². The van der Waals surface area contributed by atoms with E-state index in [-0.39, 0.29) is 17.2 Å². The molecule has 2 aromatic carbocycles. The van der Waals surface area contributed by atoms with E-state index in [0.717, 1.165) is 16.6 Å². The van der Waals surface area contributed by atoms with Gasteiger partial charge in [-0.05, 0) is 43.2 Å². The molecule has 1 aliphatic rings. The van der Waals surface area contributed by atoms with Gasteiger partial charge in [-0.3, -0.25) is 14.2 Å². The Bertz CT molecular complexity index is 1100. The van der Waals surface area contributed by atoms with E-state index in [0.29, 0.717) is 29.1 Å². The third-order valence-corrected chi connectivity index (χ3v) is 6.16. The minimum atomic E-state index is -0.0785. The largest absolute Gasteiger partial charge is 0.311 e. The lowest BCUT2D eigenvalue weighted by Gasteiger charge is -2.17. The predicted octanol–water partition coefficient (Wildman–Crippen LogP) is 3.86. The van der Waals surface area contributed by atoms with Crippen molar-refractivity contribution in [3.05, 3.63) is 62.9 Å². The molecule has 5 nitrogen and oxygen atoms in total. The van der Waals surface area contributed by atoms with Crippen LogP contribution in [-0.2, 0) is 17.8 Å². The Morgan fingerprint density at radius 2 is 2.07 bits per heavy atom. The number of carbonyl (C=O) groups is 1. The van der Waals surface area contributed by atoms with Crippen molar-refractivity contribution in [3.8, 4) is 0 Å². The third-order valence-electron chi connectivity index (χ3n) is 4.71. The maximum atomic E-state index is 12.8. The van der Waals surface area contributed by atoms with Gasteiger partial charge in [-0.1, -0.05) is 45.9 Å². The molecule has 0 atom stereocenters. The Hall–Kier alpha value is -2.12. The van der Waals surface area contributed by atoms with Gasteiger partial charge in [0.2, 0.25) is 5.91 Å². The molecule has 0 saturated heterocycles. The van der Waals surface area contributed by atoms with Crippen molar-refractivity contribution in [1.29, 1.82) is 0 Å². The van der Waals surface area contributed by atoms with Crippen molar-refractivity contribution in [2.24, 2.45) is 0 Å². The van der Waals surface area contributed by atoms with Crippen LogP contribution >= 0.6 is 27.7 Å². The number of halogens is 1. The first-order valence-electron chi connectivity index (χ1n) is 8.79. The van der Waals surface area contributed by atoms with Crippen molar-refractivity contribution in [2.45, 2.75) is 25.0 Å². The molecule has 0 spiro atoms.